The van der Waals surface area contributed by atoms with Gasteiger partial charge in [-0.15, -0.1) is 0 Å². The van der Waals surface area contributed by atoms with Crippen LogP contribution in [-0.4, -0.2) is 39.6 Å². The maximum absolute atomic E-state index is 13.3. The number of nitrogens with one attached hydrogen (secondary N) is 2. The molecule has 0 radical (unpaired) electrons. The molecule has 184 valence electrons. The van der Waals surface area contributed by atoms with E-state index in [4.69, 9.17) is 9.47 Å². The topological polar surface area (TPSA) is 107 Å². The highest BCUT2D eigenvalue weighted by molar-refractivity contribution is 6.16. The number of hydrogen-bond acceptors (Lipinski definition) is 6. The van der Waals surface area contributed by atoms with Crippen LogP contribution in [0.4, 0.5) is 16.2 Å². The lowest BCUT2D eigenvalue weighted by molar-refractivity contribution is 0.101. The van der Waals surface area contributed by atoms with Crippen LogP contribution in [0.1, 0.15) is 27.9 Å². The van der Waals surface area contributed by atoms with Crippen molar-refractivity contribution in [2.75, 3.05) is 23.8 Å². The molecule has 2 aliphatic rings. The van der Waals surface area contributed by atoms with E-state index in [1.165, 1.54) is 5.57 Å². The second kappa shape index (κ2) is 9.36. The Morgan fingerprint density at radius 2 is 2.00 bits per heavy atom. The van der Waals surface area contributed by atoms with Gasteiger partial charge < -0.3 is 24.7 Å². The smallest absolute Gasteiger partial charge is 0.323 e. The first-order valence-electron chi connectivity index (χ1n) is 11.8. The number of anilines is 2. The van der Waals surface area contributed by atoms with E-state index in [1.54, 1.807) is 55.0 Å². The summed E-state index contributed by atoms with van der Waals surface area (Å²) >= 11 is 0. The molecule has 1 aromatic carbocycles. The summed E-state index contributed by atoms with van der Waals surface area (Å²) in [5, 5.41) is 6.41. The molecule has 2 aliphatic heterocycles. The van der Waals surface area contributed by atoms with Gasteiger partial charge in [0.25, 0.3) is 0 Å². The Kier molecular flexibility index (Phi) is 5.74. The number of ketones is 1. The van der Waals surface area contributed by atoms with Crippen molar-refractivity contribution in [3.63, 3.8) is 0 Å². The standard InChI is InChI=1S/C28H23N5O4/c1-33-16-18(25-21(6-10-30-27(25)33)17-7-11-36-12-8-17)13-24-26(34)22-14-19(4-5-23(22)37-24)31-28(35)32-20-3-2-9-29-15-20/h2-7,9-10,13-16H,8,11-12H2,1H3,(H2,31,32,35)/b24-13-. The van der Waals surface area contributed by atoms with Gasteiger partial charge in [0.2, 0.25) is 5.78 Å². The quantitative estimate of drug-likeness (QED) is 0.386. The van der Waals surface area contributed by atoms with E-state index in [0.29, 0.717) is 35.9 Å². The second-order valence-electron chi connectivity index (χ2n) is 8.78. The molecule has 0 atom stereocenters. The summed E-state index contributed by atoms with van der Waals surface area (Å²) in [7, 11) is 1.93. The zero-order valence-corrected chi connectivity index (χ0v) is 20.0. The number of carbonyl (C=O) groups is 2. The van der Waals surface area contributed by atoms with E-state index < -0.39 is 6.03 Å². The lowest BCUT2D eigenvalue weighted by atomic mass is 9.97. The number of ether oxygens (including phenoxy) is 2. The Morgan fingerprint density at radius 3 is 2.81 bits per heavy atom. The zero-order chi connectivity index (χ0) is 25.4. The van der Waals surface area contributed by atoms with Gasteiger partial charge in [0.05, 0.1) is 30.7 Å². The second-order valence-corrected chi connectivity index (χ2v) is 8.78. The lowest BCUT2D eigenvalue weighted by Gasteiger charge is -2.15. The van der Waals surface area contributed by atoms with Crippen molar-refractivity contribution in [1.29, 1.82) is 0 Å². The predicted molar refractivity (Wildman–Crippen MR) is 140 cm³/mol. The van der Waals surface area contributed by atoms with Gasteiger partial charge in [0, 0.05) is 42.3 Å². The number of pyridine rings is 2. The van der Waals surface area contributed by atoms with Crippen LogP contribution in [0.25, 0.3) is 22.7 Å². The summed E-state index contributed by atoms with van der Waals surface area (Å²) in [6, 6.07) is 10.0. The third-order valence-corrected chi connectivity index (χ3v) is 6.33. The number of urea groups is 1. The van der Waals surface area contributed by atoms with Gasteiger partial charge in [-0.1, -0.05) is 6.08 Å². The number of carbonyl (C=O) groups excluding carboxylic acids is 2. The molecular formula is C28H23N5O4. The minimum absolute atomic E-state index is 0.218. The van der Waals surface area contributed by atoms with Crippen LogP contribution in [0.5, 0.6) is 5.75 Å². The van der Waals surface area contributed by atoms with Gasteiger partial charge in [-0.3, -0.25) is 9.78 Å². The first-order chi connectivity index (χ1) is 18.1. The Hall–Kier alpha value is -4.76. The van der Waals surface area contributed by atoms with E-state index in [-0.39, 0.29) is 11.5 Å². The molecule has 0 saturated heterocycles. The minimum atomic E-state index is -0.437. The molecule has 3 aromatic heterocycles. The molecule has 4 aromatic rings. The van der Waals surface area contributed by atoms with Crippen molar-refractivity contribution in [1.82, 2.24) is 14.5 Å². The third-order valence-electron chi connectivity index (χ3n) is 6.33. The maximum atomic E-state index is 13.3. The highest BCUT2D eigenvalue weighted by Crippen LogP contribution is 2.36. The summed E-state index contributed by atoms with van der Waals surface area (Å²) < 4.78 is 13.4. The normalized spacial score (nSPS) is 15.9. The molecule has 0 unspecified atom stereocenters. The number of hydrogen-bond donors (Lipinski definition) is 2. The summed E-state index contributed by atoms with van der Waals surface area (Å²) in [4.78, 5) is 34.2. The number of nitrogens with zero attached hydrogens (tertiary/aromatic N) is 3. The van der Waals surface area contributed by atoms with Gasteiger partial charge in [-0.05, 0) is 60.0 Å². The SMILES string of the molecule is Cn1cc(/C=C2\Oc3ccc(NC(=O)Nc4cccnc4)cc3C2=O)c2c(C3=CCOCC3)ccnc21. The van der Waals surface area contributed by atoms with E-state index >= 15 is 0 Å². The summed E-state index contributed by atoms with van der Waals surface area (Å²) in [6.07, 6.45) is 11.6. The molecule has 9 heteroatoms. The third kappa shape index (κ3) is 4.36. The molecular weight excluding hydrogens is 470 g/mol. The van der Waals surface area contributed by atoms with Crippen molar-refractivity contribution in [3.05, 3.63) is 89.7 Å². The van der Waals surface area contributed by atoms with Gasteiger partial charge in [-0.25, -0.2) is 9.78 Å². The van der Waals surface area contributed by atoms with Crippen molar-refractivity contribution < 1.29 is 19.1 Å². The van der Waals surface area contributed by atoms with Gasteiger partial charge >= 0.3 is 6.03 Å². The Balaban J connectivity index is 1.29. The van der Waals surface area contributed by atoms with Gasteiger partial charge in [-0.2, -0.15) is 0 Å². The fourth-order valence-electron chi connectivity index (χ4n) is 4.62. The van der Waals surface area contributed by atoms with Crippen molar-refractivity contribution in [3.8, 4) is 5.75 Å². The summed E-state index contributed by atoms with van der Waals surface area (Å²) in [5.74, 6) is 0.412. The van der Waals surface area contributed by atoms with E-state index in [0.717, 1.165) is 28.6 Å². The monoisotopic (exact) mass is 493 g/mol. The predicted octanol–water partition coefficient (Wildman–Crippen LogP) is 5.03. The molecule has 5 heterocycles. The largest absolute Gasteiger partial charge is 0.452 e. The molecule has 0 spiro atoms. The number of fused-ring (bicyclic) bond motifs is 2. The number of allylic oxidation sites excluding steroid dienone is 1. The average molecular weight is 494 g/mol. The number of aromatic nitrogens is 3. The average Bonchev–Trinajstić information content (AvgIpc) is 3.41. The molecule has 0 bridgehead atoms. The number of amides is 2. The molecule has 6 rings (SSSR count). The fourth-order valence-corrected chi connectivity index (χ4v) is 4.62. The molecule has 0 saturated carbocycles. The van der Waals surface area contributed by atoms with Crippen molar-refractivity contribution in [2.24, 2.45) is 7.05 Å². The summed E-state index contributed by atoms with van der Waals surface area (Å²) in [6.45, 7) is 1.25. The first-order valence-corrected chi connectivity index (χ1v) is 11.8. The van der Waals surface area contributed by atoms with Crippen molar-refractivity contribution in [2.45, 2.75) is 6.42 Å². The van der Waals surface area contributed by atoms with Crippen molar-refractivity contribution >= 4 is 45.9 Å². The molecule has 0 aliphatic carbocycles. The fraction of sp³-hybridized carbons (Fsp3) is 0.143. The first kappa shape index (κ1) is 22.7. The molecule has 0 fully saturated rings. The van der Waals surface area contributed by atoms with E-state index in [2.05, 4.69) is 26.7 Å². The maximum Gasteiger partial charge on any atom is 0.323 e. The van der Waals surface area contributed by atoms with Crippen LogP contribution in [0.3, 0.4) is 0 Å². The molecule has 2 amide bonds. The van der Waals surface area contributed by atoms with Crippen LogP contribution in [0, 0.1) is 0 Å². The van der Waals surface area contributed by atoms with Crippen LogP contribution in [0.15, 0.2) is 73.0 Å². The number of Topliss-reactive ketones (excluding diaryl/α,β-unsaturated/α-hetero) is 1. The Labute approximate surface area is 212 Å². The van der Waals surface area contributed by atoms with E-state index in [1.807, 2.05) is 23.9 Å². The van der Waals surface area contributed by atoms with Crippen LogP contribution >= 0.6 is 0 Å². The Morgan fingerprint density at radius 1 is 1.11 bits per heavy atom. The van der Waals surface area contributed by atoms with Gasteiger partial charge in [0.15, 0.2) is 5.76 Å². The lowest BCUT2D eigenvalue weighted by Crippen LogP contribution is -2.19. The van der Waals surface area contributed by atoms with Crippen LogP contribution in [0.2, 0.25) is 0 Å². The molecule has 37 heavy (non-hydrogen) atoms. The number of aryl methyl sites for hydroxylation is 1. The molecule has 2 N–H and O–H groups in total. The zero-order valence-electron chi connectivity index (χ0n) is 20.0. The van der Waals surface area contributed by atoms with Crippen LogP contribution in [-0.2, 0) is 11.8 Å². The van der Waals surface area contributed by atoms with Crippen LogP contribution < -0.4 is 15.4 Å². The Bertz CT molecular complexity index is 1600. The number of benzene rings is 1. The number of rotatable bonds is 4. The van der Waals surface area contributed by atoms with E-state index in [9.17, 15) is 9.59 Å². The highest BCUT2D eigenvalue weighted by Gasteiger charge is 2.28. The highest BCUT2D eigenvalue weighted by atomic mass is 16.5. The van der Waals surface area contributed by atoms with Gasteiger partial charge in [0.1, 0.15) is 11.4 Å². The summed E-state index contributed by atoms with van der Waals surface area (Å²) in [5.41, 5.74) is 5.37. The molecule has 9 nitrogen and oxygen atoms in total. The minimum Gasteiger partial charge on any atom is -0.452 e.